The summed E-state index contributed by atoms with van der Waals surface area (Å²) in [5, 5.41) is 0. The monoisotopic (exact) mass is 277 g/mol. The van der Waals surface area contributed by atoms with Gasteiger partial charge in [-0.25, -0.2) is 0 Å². The summed E-state index contributed by atoms with van der Waals surface area (Å²) in [6, 6.07) is 10.9. The van der Waals surface area contributed by atoms with Crippen LogP contribution in [0.1, 0.15) is 49.8 Å². The lowest BCUT2D eigenvalue weighted by Crippen LogP contribution is -1.94. The van der Waals surface area contributed by atoms with Gasteiger partial charge in [-0.1, -0.05) is 50.5 Å². The molecule has 1 aliphatic rings. The van der Waals surface area contributed by atoms with E-state index in [-0.39, 0.29) is 0 Å². The first-order chi connectivity index (χ1) is 10.3. The van der Waals surface area contributed by atoms with Gasteiger partial charge in [-0.2, -0.15) is 0 Å². The Morgan fingerprint density at radius 3 is 2.62 bits per heavy atom. The third-order valence-corrected chi connectivity index (χ3v) is 4.14. The maximum atomic E-state index is 4.57. The number of aromatic nitrogens is 1. The number of aryl methyl sites for hydroxylation is 1. The highest BCUT2D eigenvalue weighted by Gasteiger charge is 2.18. The van der Waals surface area contributed by atoms with Gasteiger partial charge in [-0.15, -0.1) is 0 Å². The minimum Gasteiger partial charge on any atom is -0.256 e. The summed E-state index contributed by atoms with van der Waals surface area (Å²) in [7, 11) is 0. The summed E-state index contributed by atoms with van der Waals surface area (Å²) < 4.78 is 0. The van der Waals surface area contributed by atoms with Crippen LogP contribution in [-0.2, 0) is 12.8 Å². The first kappa shape index (κ1) is 14.1. The minimum absolute atomic E-state index is 1.10. The molecule has 0 atom stereocenters. The Morgan fingerprint density at radius 1 is 1.05 bits per heavy atom. The van der Waals surface area contributed by atoms with Gasteiger partial charge in [0.2, 0.25) is 0 Å². The molecule has 0 fully saturated rings. The lowest BCUT2D eigenvalue weighted by molar-refractivity contribution is 0.883. The van der Waals surface area contributed by atoms with Crippen LogP contribution in [0.25, 0.3) is 17.3 Å². The number of pyridine rings is 1. The number of rotatable bonds is 5. The molecule has 1 heterocycles. The van der Waals surface area contributed by atoms with Gasteiger partial charge < -0.3 is 0 Å². The molecule has 0 unspecified atom stereocenters. The van der Waals surface area contributed by atoms with E-state index in [4.69, 9.17) is 0 Å². The average Bonchev–Trinajstić information content (AvgIpc) is 2.90. The minimum atomic E-state index is 1.10. The Bertz CT molecular complexity index is 653. The zero-order valence-corrected chi connectivity index (χ0v) is 13.0. The number of hydrogen-bond donors (Lipinski definition) is 0. The van der Waals surface area contributed by atoms with Gasteiger partial charge in [0.15, 0.2) is 0 Å². The SMILES string of the molecule is CCCC1=Cc2c(cc(CCC)cc2-c2ccccn2)C1. The molecule has 1 aromatic carbocycles. The number of fused-ring (bicyclic) bond motifs is 1. The zero-order chi connectivity index (χ0) is 14.7. The van der Waals surface area contributed by atoms with Crippen molar-refractivity contribution in [2.75, 3.05) is 0 Å². The van der Waals surface area contributed by atoms with Crippen LogP contribution >= 0.6 is 0 Å². The van der Waals surface area contributed by atoms with Crippen molar-refractivity contribution in [1.82, 2.24) is 4.98 Å². The van der Waals surface area contributed by atoms with E-state index in [2.05, 4.69) is 49.2 Å². The Kier molecular flexibility index (Phi) is 4.19. The molecule has 2 aromatic rings. The largest absolute Gasteiger partial charge is 0.256 e. The summed E-state index contributed by atoms with van der Waals surface area (Å²) in [6.07, 6.45) is 10.2. The van der Waals surface area contributed by atoms with Crippen LogP contribution in [0.2, 0.25) is 0 Å². The van der Waals surface area contributed by atoms with Crippen molar-refractivity contribution in [3.05, 3.63) is 58.8 Å². The standard InChI is InChI=1S/C20H23N/c1-3-7-15-11-17-12-16(8-4-2)14-19(18(17)13-15)20-9-5-6-10-21-20/h5-6,9-10,12-14H,3-4,7-8,11H2,1-2H3. The molecule has 0 saturated heterocycles. The molecule has 0 spiro atoms. The third kappa shape index (κ3) is 2.92. The number of benzene rings is 1. The molecule has 1 nitrogen and oxygen atoms in total. The first-order valence-corrected chi connectivity index (χ1v) is 8.08. The normalized spacial score (nSPS) is 13.1. The highest BCUT2D eigenvalue weighted by Crippen LogP contribution is 2.36. The van der Waals surface area contributed by atoms with Crippen molar-refractivity contribution >= 4 is 6.08 Å². The first-order valence-electron chi connectivity index (χ1n) is 8.08. The second kappa shape index (κ2) is 6.26. The quantitative estimate of drug-likeness (QED) is 0.709. The summed E-state index contributed by atoms with van der Waals surface area (Å²) in [6.45, 7) is 4.50. The molecule has 1 heteroatoms. The lowest BCUT2D eigenvalue weighted by Gasteiger charge is -2.11. The summed E-state index contributed by atoms with van der Waals surface area (Å²) in [4.78, 5) is 4.57. The molecule has 0 radical (unpaired) electrons. The smallest absolute Gasteiger partial charge is 0.0708 e. The highest BCUT2D eigenvalue weighted by molar-refractivity contribution is 5.80. The fourth-order valence-electron chi connectivity index (χ4n) is 3.24. The van der Waals surface area contributed by atoms with E-state index in [9.17, 15) is 0 Å². The van der Waals surface area contributed by atoms with Crippen LogP contribution in [0.5, 0.6) is 0 Å². The van der Waals surface area contributed by atoms with Gasteiger partial charge in [-0.3, -0.25) is 4.98 Å². The maximum Gasteiger partial charge on any atom is 0.0708 e. The van der Waals surface area contributed by atoms with Gasteiger partial charge >= 0.3 is 0 Å². The Balaban J connectivity index is 2.09. The van der Waals surface area contributed by atoms with Gasteiger partial charge in [-0.05, 0) is 54.2 Å². The molecule has 21 heavy (non-hydrogen) atoms. The van der Waals surface area contributed by atoms with E-state index < -0.39 is 0 Å². The predicted molar refractivity (Wildman–Crippen MR) is 90.3 cm³/mol. The molecule has 0 saturated carbocycles. The Hall–Kier alpha value is -1.89. The molecule has 0 amide bonds. The second-order valence-electron chi connectivity index (χ2n) is 5.91. The van der Waals surface area contributed by atoms with Crippen LogP contribution in [0.4, 0.5) is 0 Å². The van der Waals surface area contributed by atoms with E-state index in [1.165, 1.54) is 41.5 Å². The van der Waals surface area contributed by atoms with E-state index in [1.807, 2.05) is 12.3 Å². The van der Waals surface area contributed by atoms with Crippen LogP contribution < -0.4 is 0 Å². The van der Waals surface area contributed by atoms with Crippen LogP contribution in [0, 0.1) is 0 Å². The molecule has 1 aliphatic carbocycles. The van der Waals surface area contributed by atoms with Crippen molar-refractivity contribution in [3.63, 3.8) is 0 Å². The predicted octanol–water partition coefficient (Wildman–Crippen LogP) is 5.44. The van der Waals surface area contributed by atoms with Gasteiger partial charge in [0.25, 0.3) is 0 Å². The van der Waals surface area contributed by atoms with Gasteiger partial charge in [0, 0.05) is 11.8 Å². The van der Waals surface area contributed by atoms with E-state index in [0.29, 0.717) is 0 Å². The molecule has 108 valence electrons. The van der Waals surface area contributed by atoms with Crippen molar-refractivity contribution in [2.24, 2.45) is 0 Å². The lowest BCUT2D eigenvalue weighted by atomic mass is 9.95. The molecule has 0 bridgehead atoms. The Labute approximate surface area is 127 Å². The van der Waals surface area contributed by atoms with Crippen molar-refractivity contribution in [2.45, 2.75) is 46.0 Å². The van der Waals surface area contributed by atoms with Crippen molar-refractivity contribution in [1.29, 1.82) is 0 Å². The fourth-order valence-corrected chi connectivity index (χ4v) is 3.24. The van der Waals surface area contributed by atoms with Crippen LogP contribution in [0.15, 0.2) is 42.1 Å². The third-order valence-electron chi connectivity index (χ3n) is 4.14. The summed E-state index contributed by atoms with van der Waals surface area (Å²) >= 11 is 0. The fraction of sp³-hybridized carbons (Fsp3) is 0.350. The van der Waals surface area contributed by atoms with Crippen LogP contribution in [0.3, 0.4) is 0 Å². The van der Waals surface area contributed by atoms with E-state index >= 15 is 0 Å². The van der Waals surface area contributed by atoms with Crippen LogP contribution in [-0.4, -0.2) is 4.98 Å². The second-order valence-corrected chi connectivity index (χ2v) is 5.91. The topological polar surface area (TPSA) is 12.9 Å². The number of allylic oxidation sites excluding steroid dienone is 1. The molecular weight excluding hydrogens is 254 g/mol. The maximum absolute atomic E-state index is 4.57. The average molecular weight is 277 g/mol. The summed E-state index contributed by atoms with van der Waals surface area (Å²) in [5.41, 5.74) is 8.31. The summed E-state index contributed by atoms with van der Waals surface area (Å²) in [5.74, 6) is 0. The molecule has 0 aliphatic heterocycles. The molecule has 3 rings (SSSR count). The zero-order valence-electron chi connectivity index (χ0n) is 13.0. The molecule has 0 N–H and O–H groups in total. The number of hydrogen-bond acceptors (Lipinski definition) is 1. The molecular formula is C20H23N. The van der Waals surface area contributed by atoms with Gasteiger partial charge in [0.1, 0.15) is 0 Å². The van der Waals surface area contributed by atoms with Gasteiger partial charge in [0.05, 0.1) is 5.69 Å². The van der Waals surface area contributed by atoms with Crippen molar-refractivity contribution < 1.29 is 0 Å². The van der Waals surface area contributed by atoms with E-state index in [0.717, 1.165) is 18.5 Å². The molecule has 1 aromatic heterocycles. The Morgan fingerprint density at radius 2 is 1.90 bits per heavy atom. The van der Waals surface area contributed by atoms with Crippen molar-refractivity contribution in [3.8, 4) is 11.3 Å². The highest BCUT2D eigenvalue weighted by atomic mass is 14.7. The van der Waals surface area contributed by atoms with E-state index in [1.54, 1.807) is 5.57 Å². The number of nitrogens with zero attached hydrogens (tertiary/aromatic N) is 1.